The van der Waals surface area contributed by atoms with Crippen molar-refractivity contribution in [3.05, 3.63) is 70.8 Å². The van der Waals surface area contributed by atoms with Crippen molar-refractivity contribution in [1.82, 2.24) is 5.43 Å². The van der Waals surface area contributed by atoms with Crippen molar-refractivity contribution in [2.45, 2.75) is 0 Å². The summed E-state index contributed by atoms with van der Waals surface area (Å²) in [5.74, 6) is -0.0219. The van der Waals surface area contributed by atoms with Crippen LogP contribution < -0.4 is 11.2 Å². The van der Waals surface area contributed by atoms with Gasteiger partial charge in [0.05, 0.1) is 35.7 Å². The quantitative estimate of drug-likeness (QED) is 0.506. The first-order valence-electron chi connectivity index (χ1n) is 6.88. The molecule has 24 heavy (non-hydrogen) atoms. The molecule has 0 amide bonds. The van der Waals surface area contributed by atoms with Crippen molar-refractivity contribution in [1.29, 1.82) is 10.5 Å². The van der Waals surface area contributed by atoms with Gasteiger partial charge in [0.2, 0.25) is 5.96 Å². The van der Waals surface area contributed by atoms with Gasteiger partial charge in [-0.3, -0.25) is 0 Å². The van der Waals surface area contributed by atoms with Gasteiger partial charge in [0, 0.05) is 11.1 Å². The van der Waals surface area contributed by atoms with Crippen LogP contribution in [0.3, 0.4) is 0 Å². The molecule has 2 aromatic rings. The van der Waals surface area contributed by atoms with Crippen LogP contribution in [-0.4, -0.2) is 18.4 Å². The van der Waals surface area contributed by atoms with Crippen LogP contribution in [0.5, 0.6) is 0 Å². The molecule has 2 rings (SSSR count). The average molecular weight is 315 g/mol. The van der Waals surface area contributed by atoms with Gasteiger partial charge in [-0.15, -0.1) is 5.10 Å². The normalized spacial score (nSPS) is 11.3. The molecule has 0 aliphatic carbocycles. The lowest BCUT2D eigenvalue weighted by molar-refractivity contribution is 0.994. The molecule has 7 nitrogen and oxygen atoms in total. The van der Waals surface area contributed by atoms with Crippen LogP contribution in [0.1, 0.15) is 22.3 Å². The maximum Gasteiger partial charge on any atom is 0.234 e. The third-order valence-corrected chi connectivity index (χ3v) is 2.91. The fraction of sp³-hybridized carbons (Fsp3) is 0. The van der Waals surface area contributed by atoms with Gasteiger partial charge in [0.1, 0.15) is 0 Å². The molecule has 0 aliphatic rings. The van der Waals surface area contributed by atoms with Gasteiger partial charge in [-0.05, 0) is 12.1 Å². The lowest BCUT2D eigenvalue weighted by Crippen LogP contribution is -2.26. The fourth-order valence-electron chi connectivity index (χ4n) is 1.77. The topological polar surface area (TPSA) is 123 Å². The molecule has 0 heterocycles. The second-order valence-corrected chi connectivity index (χ2v) is 4.50. The number of hydrazone groups is 1. The summed E-state index contributed by atoms with van der Waals surface area (Å²) in [6, 6.07) is 18.1. The van der Waals surface area contributed by atoms with E-state index in [4.69, 9.17) is 16.3 Å². The number of hydrogen-bond acceptors (Lipinski definition) is 5. The van der Waals surface area contributed by atoms with Crippen molar-refractivity contribution in [2.75, 3.05) is 0 Å². The lowest BCUT2D eigenvalue weighted by atomic mass is 10.1. The molecule has 0 fully saturated rings. The van der Waals surface area contributed by atoms with E-state index in [-0.39, 0.29) is 5.96 Å². The number of nitriles is 2. The van der Waals surface area contributed by atoms with E-state index >= 15 is 0 Å². The molecule has 0 bridgehead atoms. The number of hydrogen-bond donors (Lipinski definition) is 2. The highest BCUT2D eigenvalue weighted by Crippen LogP contribution is 2.04. The number of nitrogens with two attached hydrogens (primary N) is 1. The number of nitrogens with zero attached hydrogens (tertiary/aromatic N) is 5. The van der Waals surface area contributed by atoms with E-state index in [0.717, 1.165) is 0 Å². The van der Waals surface area contributed by atoms with Crippen LogP contribution in [0.25, 0.3) is 0 Å². The molecule has 0 spiro atoms. The number of guanidine groups is 1. The zero-order valence-corrected chi connectivity index (χ0v) is 12.6. The Morgan fingerprint density at radius 2 is 1.46 bits per heavy atom. The summed E-state index contributed by atoms with van der Waals surface area (Å²) in [4.78, 5) is 0. The molecule has 0 saturated heterocycles. The fourth-order valence-corrected chi connectivity index (χ4v) is 1.77. The Morgan fingerprint density at radius 3 is 2.04 bits per heavy atom. The van der Waals surface area contributed by atoms with E-state index < -0.39 is 0 Å². The SMILES string of the molecule is N#Cc1ccccc1C=NN=C(N)NN=Cc1ccccc1C#N. The van der Waals surface area contributed by atoms with Gasteiger partial charge in [0.25, 0.3) is 0 Å². The third kappa shape index (κ3) is 4.52. The molecule has 116 valence electrons. The smallest absolute Gasteiger partial charge is 0.234 e. The van der Waals surface area contributed by atoms with Crippen molar-refractivity contribution in [3.8, 4) is 12.1 Å². The van der Waals surface area contributed by atoms with E-state index in [0.29, 0.717) is 22.3 Å². The second kappa shape index (κ2) is 8.47. The van der Waals surface area contributed by atoms with Gasteiger partial charge in [0.15, 0.2) is 0 Å². The molecule has 0 saturated carbocycles. The minimum Gasteiger partial charge on any atom is -0.367 e. The maximum absolute atomic E-state index is 8.97. The highest BCUT2D eigenvalue weighted by molar-refractivity contribution is 5.86. The van der Waals surface area contributed by atoms with Gasteiger partial charge in [-0.2, -0.15) is 20.7 Å². The van der Waals surface area contributed by atoms with Crippen LogP contribution >= 0.6 is 0 Å². The minimum absolute atomic E-state index is 0.0219. The zero-order valence-electron chi connectivity index (χ0n) is 12.6. The van der Waals surface area contributed by atoms with Crippen LogP contribution in [0, 0.1) is 22.7 Å². The van der Waals surface area contributed by atoms with E-state index in [1.165, 1.54) is 12.4 Å². The molecule has 7 heteroatoms. The van der Waals surface area contributed by atoms with Crippen LogP contribution in [0.2, 0.25) is 0 Å². The summed E-state index contributed by atoms with van der Waals surface area (Å²) in [5.41, 5.74) is 10.4. The van der Waals surface area contributed by atoms with Crippen molar-refractivity contribution < 1.29 is 0 Å². The summed E-state index contributed by atoms with van der Waals surface area (Å²) in [5, 5.41) is 29.4. The Labute approximate surface area is 139 Å². The summed E-state index contributed by atoms with van der Waals surface area (Å²) >= 11 is 0. The van der Waals surface area contributed by atoms with E-state index in [1.807, 2.05) is 0 Å². The molecular weight excluding hydrogens is 302 g/mol. The van der Waals surface area contributed by atoms with Gasteiger partial charge >= 0.3 is 0 Å². The number of rotatable bonds is 4. The van der Waals surface area contributed by atoms with Gasteiger partial charge in [-0.25, -0.2) is 5.43 Å². The Morgan fingerprint density at radius 1 is 0.917 bits per heavy atom. The standard InChI is InChI=1S/C17H13N7/c18-9-13-5-1-3-7-15(13)11-21-23-17(20)24-22-12-16-8-4-2-6-14(16)10-19/h1-8,11-12H,(H3,20,23,24). The number of nitrogens with one attached hydrogen (secondary N) is 1. The molecule has 0 radical (unpaired) electrons. The molecule has 0 unspecified atom stereocenters. The first-order valence-corrected chi connectivity index (χ1v) is 6.88. The summed E-state index contributed by atoms with van der Waals surface area (Å²) in [6.07, 6.45) is 2.90. The van der Waals surface area contributed by atoms with Crippen molar-refractivity contribution in [2.24, 2.45) is 21.0 Å². The van der Waals surface area contributed by atoms with Crippen LogP contribution in [0.4, 0.5) is 0 Å². The summed E-state index contributed by atoms with van der Waals surface area (Å²) in [7, 11) is 0. The first kappa shape index (κ1) is 16.4. The zero-order chi connectivity index (χ0) is 17.2. The Bertz CT molecular complexity index is 882. The summed E-state index contributed by atoms with van der Waals surface area (Å²) in [6.45, 7) is 0. The molecule has 0 aliphatic heterocycles. The Balaban J connectivity index is 2.00. The van der Waals surface area contributed by atoms with Crippen LogP contribution in [-0.2, 0) is 0 Å². The van der Waals surface area contributed by atoms with Gasteiger partial charge in [-0.1, -0.05) is 36.4 Å². The third-order valence-electron chi connectivity index (χ3n) is 2.91. The Hall–Kier alpha value is -3.97. The molecule has 3 N–H and O–H groups in total. The minimum atomic E-state index is -0.0219. The summed E-state index contributed by atoms with van der Waals surface area (Å²) < 4.78 is 0. The maximum atomic E-state index is 8.97. The monoisotopic (exact) mass is 315 g/mol. The predicted octanol–water partition coefficient (Wildman–Crippen LogP) is 1.70. The lowest BCUT2D eigenvalue weighted by Gasteiger charge is -1.98. The van der Waals surface area contributed by atoms with Crippen LogP contribution in [0.15, 0.2) is 63.8 Å². The van der Waals surface area contributed by atoms with Crippen molar-refractivity contribution in [3.63, 3.8) is 0 Å². The second-order valence-electron chi connectivity index (χ2n) is 4.50. The highest BCUT2D eigenvalue weighted by Gasteiger charge is 1.97. The molecule has 0 aromatic heterocycles. The van der Waals surface area contributed by atoms with Crippen molar-refractivity contribution >= 4 is 18.4 Å². The Kier molecular flexibility index (Phi) is 5.79. The highest BCUT2D eigenvalue weighted by atomic mass is 15.4. The van der Waals surface area contributed by atoms with E-state index in [2.05, 4.69) is 32.9 Å². The molecule has 0 atom stereocenters. The van der Waals surface area contributed by atoms with E-state index in [9.17, 15) is 0 Å². The van der Waals surface area contributed by atoms with E-state index in [1.54, 1.807) is 48.5 Å². The number of benzene rings is 2. The van der Waals surface area contributed by atoms with Gasteiger partial charge < -0.3 is 5.73 Å². The average Bonchev–Trinajstić information content (AvgIpc) is 2.62. The predicted molar refractivity (Wildman–Crippen MR) is 92.3 cm³/mol. The molecular formula is C17H13N7. The largest absolute Gasteiger partial charge is 0.367 e. The first-order chi connectivity index (χ1) is 11.7. The molecule has 2 aromatic carbocycles.